The molecule has 1 heterocycles. The van der Waals surface area contributed by atoms with E-state index in [2.05, 4.69) is 20.4 Å². The summed E-state index contributed by atoms with van der Waals surface area (Å²) in [6.45, 7) is 8.13. The number of allylic oxidation sites excluding steroid dienone is 1. The van der Waals surface area contributed by atoms with E-state index in [-0.39, 0.29) is 29.5 Å². The summed E-state index contributed by atoms with van der Waals surface area (Å²) in [6, 6.07) is 0. The summed E-state index contributed by atoms with van der Waals surface area (Å²) in [5.41, 5.74) is 3.12. The van der Waals surface area contributed by atoms with Gasteiger partial charge in [-0.1, -0.05) is 24.6 Å². The number of carbonyl (C=O) groups excluding carboxylic acids is 1. The lowest BCUT2D eigenvalue weighted by Gasteiger charge is -2.47. The molecule has 0 radical (unpaired) electrons. The zero-order valence-electron chi connectivity index (χ0n) is 11.0. The van der Waals surface area contributed by atoms with Crippen LogP contribution in [0.2, 0.25) is 0 Å². The molecule has 3 rings (SSSR count). The molecule has 3 nitrogen and oxygen atoms in total. The largest absolute Gasteiger partial charge is 0.458 e. The Morgan fingerprint density at radius 2 is 2.22 bits per heavy atom. The lowest BCUT2D eigenvalue weighted by Crippen LogP contribution is -2.45. The molecule has 0 aromatic carbocycles. The van der Waals surface area contributed by atoms with Crippen LogP contribution in [0.1, 0.15) is 39.5 Å². The van der Waals surface area contributed by atoms with E-state index in [9.17, 15) is 9.90 Å². The Kier molecular flexibility index (Phi) is 2.46. The van der Waals surface area contributed by atoms with Gasteiger partial charge in [0.2, 0.25) is 0 Å². The highest BCUT2D eigenvalue weighted by molar-refractivity contribution is 5.91. The second-order valence-electron chi connectivity index (χ2n) is 6.21. The van der Waals surface area contributed by atoms with Gasteiger partial charge in [-0.2, -0.15) is 0 Å². The number of hydrogen-bond acceptors (Lipinski definition) is 3. The minimum Gasteiger partial charge on any atom is -0.458 e. The van der Waals surface area contributed by atoms with Crippen LogP contribution in [-0.2, 0) is 9.53 Å². The molecule has 1 N–H and O–H groups in total. The van der Waals surface area contributed by atoms with Crippen molar-refractivity contribution in [1.82, 2.24) is 0 Å². The van der Waals surface area contributed by atoms with Gasteiger partial charge in [0, 0.05) is 16.9 Å². The molecule has 0 amide bonds. The third kappa shape index (κ3) is 1.43. The molecule has 2 aliphatic carbocycles. The maximum absolute atomic E-state index is 11.6. The van der Waals surface area contributed by atoms with Gasteiger partial charge in [0.1, 0.15) is 6.10 Å². The first-order valence-electron chi connectivity index (χ1n) is 6.70. The average Bonchev–Trinajstić information content (AvgIpc) is 2.58. The fraction of sp³-hybridized carbons (Fsp3) is 0.667. The number of ether oxygens (including phenoxy) is 1. The van der Waals surface area contributed by atoms with Crippen molar-refractivity contribution >= 4 is 5.97 Å². The number of carbonyl (C=O) groups is 1. The molecule has 0 aromatic rings. The van der Waals surface area contributed by atoms with Crippen LogP contribution in [0.3, 0.4) is 0 Å². The highest BCUT2D eigenvalue weighted by Gasteiger charge is 2.52. The minimum absolute atomic E-state index is 0.0840. The Labute approximate surface area is 108 Å². The van der Waals surface area contributed by atoms with E-state index in [1.165, 1.54) is 11.1 Å². The van der Waals surface area contributed by atoms with Crippen molar-refractivity contribution in [3.63, 3.8) is 0 Å². The Morgan fingerprint density at radius 3 is 2.94 bits per heavy atom. The van der Waals surface area contributed by atoms with Crippen molar-refractivity contribution < 1.29 is 14.6 Å². The quantitative estimate of drug-likeness (QED) is 0.406. The van der Waals surface area contributed by atoms with Crippen molar-refractivity contribution in [3.05, 3.63) is 23.3 Å². The monoisotopic (exact) mass is 248 g/mol. The van der Waals surface area contributed by atoms with E-state index in [4.69, 9.17) is 4.74 Å². The van der Waals surface area contributed by atoms with Crippen molar-refractivity contribution in [2.45, 2.75) is 51.7 Å². The molecule has 4 atom stereocenters. The Hall–Kier alpha value is -1.09. The van der Waals surface area contributed by atoms with E-state index in [0.29, 0.717) is 5.57 Å². The zero-order valence-corrected chi connectivity index (χ0v) is 11.0. The lowest BCUT2D eigenvalue weighted by atomic mass is 9.59. The van der Waals surface area contributed by atoms with Gasteiger partial charge >= 0.3 is 5.97 Å². The predicted molar refractivity (Wildman–Crippen MR) is 67.8 cm³/mol. The zero-order chi connectivity index (χ0) is 13.1. The minimum atomic E-state index is -0.315. The molecular weight excluding hydrogens is 228 g/mol. The summed E-state index contributed by atoms with van der Waals surface area (Å²) in [5.74, 6) is -0.124. The first-order valence-corrected chi connectivity index (χ1v) is 6.70. The molecule has 0 aromatic heterocycles. The molecule has 2 fully saturated rings. The number of esters is 1. The van der Waals surface area contributed by atoms with Gasteiger partial charge in [0.05, 0.1) is 6.10 Å². The van der Waals surface area contributed by atoms with E-state index in [0.717, 1.165) is 25.7 Å². The Balaban J connectivity index is 2.01. The molecule has 0 unspecified atom stereocenters. The topological polar surface area (TPSA) is 46.5 Å². The second kappa shape index (κ2) is 3.70. The fourth-order valence-corrected chi connectivity index (χ4v) is 3.93. The summed E-state index contributed by atoms with van der Waals surface area (Å²) in [6.07, 6.45) is 2.94. The summed E-state index contributed by atoms with van der Waals surface area (Å²) in [7, 11) is 0. The number of fused-ring (bicyclic) bond motifs is 2. The van der Waals surface area contributed by atoms with Gasteiger partial charge in [0.25, 0.3) is 0 Å². The summed E-state index contributed by atoms with van der Waals surface area (Å²) < 4.78 is 5.40. The third-order valence-corrected chi connectivity index (χ3v) is 5.20. The standard InChI is InChI=1S/C15H20O3/c1-8-4-5-13(16)15(3)7-12-10(6-11(8)15)9(2)14(17)18-12/h10,12-13,16H,2,4-7H2,1,3H3/t10-,12+,13-,15-/m1/s1. The first kappa shape index (κ1) is 12.0. The van der Waals surface area contributed by atoms with Crippen LogP contribution in [0.4, 0.5) is 0 Å². The summed E-state index contributed by atoms with van der Waals surface area (Å²) in [5, 5.41) is 10.3. The van der Waals surface area contributed by atoms with Gasteiger partial charge in [-0.25, -0.2) is 4.79 Å². The van der Waals surface area contributed by atoms with Gasteiger partial charge in [-0.15, -0.1) is 0 Å². The lowest BCUT2D eigenvalue weighted by molar-refractivity contribution is -0.141. The summed E-state index contributed by atoms with van der Waals surface area (Å²) >= 11 is 0. The average molecular weight is 248 g/mol. The Morgan fingerprint density at radius 1 is 1.50 bits per heavy atom. The highest BCUT2D eigenvalue weighted by atomic mass is 16.6. The van der Waals surface area contributed by atoms with Crippen LogP contribution in [0.15, 0.2) is 23.3 Å². The van der Waals surface area contributed by atoms with Gasteiger partial charge in [-0.3, -0.25) is 0 Å². The molecule has 18 heavy (non-hydrogen) atoms. The first-order chi connectivity index (χ1) is 8.43. The third-order valence-electron chi connectivity index (χ3n) is 5.20. The van der Waals surface area contributed by atoms with Crippen LogP contribution >= 0.6 is 0 Å². The predicted octanol–water partition coefficient (Wildman–Crippen LogP) is 2.36. The Bertz CT molecular complexity index is 462. The van der Waals surface area contributed by atoms with E-state index in [1.807, 2.05) is 0 Å². The maximum Gasteiger partial charge on any atom is 0.334 e. The molecule has 0 spiro atoms. The van der Waals surface area contributed by atoms with E-state index in [1.54, 1.807) is 0 Å². The van der Waals surface area contributed by atoms with Gasteiger partial charge < -0.3 is 9.84 Å². The van der Waals surface area contributed by atoms with Crippen LogP contribution in [0.25, 0.3) is 0 Å². The van der Waals surface area contributed by atoms with E-state index >= 15 is 0 Å². The van der Waals surface area contributed by atoms with Crippen molar-refractivity contribution in [2.24, 2.45) is 11.3 Å². The van der Waals surface area contributed by atoms with Crippen LogP contribution in [-0.4, -0.2) is 23.3 Å². The fourth-order valence-electron chi connectivity index (χ4n) is 3.93. The highest BCUT2D eigenvalue weighted by Crippen LogP contribution is 2.54. The van der Waals surface area contributed by atoms with Crippen LogP contribution in [0.5, 0.6) is 0 Å². The molecule has 3 aliphatic rings. The normalized spacial score (nSPS) is 43.6. The summed E-state index contributed by atoms with van der Waals surface area (Å²) in [4.78, 5) is 11.6. The molecular formula is C15H20O3. The van der Waals surface area contributed by atoms with Crippen LogP contribution in [0, 0.1) is 11.3 Å². The van der Waals surface area contributed by atoms with Crippen LogP contribution < -0.4 is 0 Å². The molecule has 3 heteroatoms. The number of aliphatic hydroxyl groups excluding tert-OH is 1. The smallest absolute Gasteiger partial charge is 0.334 e. The number of aliphatic hydroxyl groups is 1. The molecule has 1 saturated heterocycles. The van der Waals surface area contributed by atoms with Crippen molar-refractivity contribution in [3.8, 4) is 0 Å². The second-order valence-corrected chi connectivity index (χ2v) is 6.21. The maximum atomic E-state index is 11.6. The van der Waals surface area contributed by atoms with Gasteiger partial charge in [-0.05, 0) is 32.6 Å². The SMILES string of the molecule is C=C1C(=O)O[C@H]2C[C@]3(C)C(=C(C)CC[C@H]3O)C[C@H]12. The van der Waals surface area contributed by atoms with Crippen molar-refractivity contribution in [1.29, 1.82) is 0 Å². The molecule has 1 aliphatic heterocycles. The van der Waals surface area contributed by atoms with Gasteiger partial charge in [0.15, 0.2) is 0 Å². The molecule has 98 valence electrons. The number of hydrogen-bond donors (Lipinski definition) is 1. The molecule has 1 saturated carbocycles. The van der Waals surface area contributed by atoms with E-state index < -0.39 is 0 Å². The molecule has 0 bridgehead atoms. The van der Waals surface area contributed by atoms with Crippen molar-refractivity contribution in [2.75, 3.05) is 0 Å². The number of rotatable bonds is 0.